The van der Waals surface area contributed by atoms with Crippen molar-refractivity contribution in [3.63, 3.8) is 0 Å². The van der Waals surface area contributed by atoms with Crippen LogP contribution in [0.1, 0.15) is 52.4 Å². The molecule has 4 amide bonds. The first-order chi connectivity index (χ1) is 12.4. The maximum atomic E-state index is 12.6. The van der Waals surface area contributed by atoms with E-state index in [-0.39, 0.29) is 12.5 Å². The molecule has 1 fully saturated rings. The number of rotatable bonds is 9. The summed E-state index contributed by atoms with van der Waals surface area (Å²) in [5.74, 6) is -0.771. The maximum absolute atomic E-state index is 12.6. The average Bonchev–Trinajstić information content (AvgIpc) is 2.80. The molecular weight excluding hydrogens is 354 g/mol. The Kier molecular flexibility index (Phi) is 7.03. The van der Waals surface area contributed by atoms with Gasteiger partial charge in [0.05, 0.1) is 0 Å². The van der Waals surface area contributed by atoms with Crippen LogP contribution >= 0.6 is 11.6 Å². The number of urea groups is 1. The highest BCUT2D eigenvalue weighted by molar-refractivity contribution is 6.30. The molecular formula is C19H26ClN3O3. The van der Waals surface area contributed by atoms with Gasteiger partial charge in [0.15, 0.2) is 0 Å². The summed E-state index contributed by atoms with van der Waals surface area (Å²) in [6, 6.07) is 6.11. The first-order valence-corrected chi connectivity index (χ1v) is 9.43. The van der Waals surface area contributed by atoms with Crippen molar-refractivity contribution >= 4 is 35.1 Å². The van der Waals surface area contributed by atoms with Gasteiger partial charge in [-0.2, -0.15) is 0 Å². The topological polar surface area (TPSA) is 78.5 Å². The zero-order valence-corrected chi connectivity index (χ0v) is 16.1. The Hall–Kier alpha value is -2.08. The van der Waals surface area contributed by atoms with Gasteiger partial charge in [0, 0.05) is 10.7 Å². The second-order valence-electron chi connectivity index (χ2n) is 6.87. The molecule has 7 heteroatoms. The number of amides is 4. The van der Waals surface area contributed by atoms with Crippen molar-refractivity contribution in [3.05, 3.63) is 29.3 Å². The van der Waals surface area contributed by atoms with Crippen LogP contribution in [0.25, 0.3) is 0 Å². The van der Waals surface area contributed by atoms with E-state index in [1.165, 1.54) is 6.42 Å². The molecule has 142 valence electrons. The molecule has 0 spiro atoms. The van der Waals surface area contributed by atoms with Crippen molar-refractivity contribution in [1.29, 1.82) is 0 Å². The van der Waals surface area contributed by atoms with E-state index in [1.807, 2.05) is 0 Å². The Bertz CT molecular complexity index is 662. The second-order valence-corrected chi connectivity index (χ2v) is 7.31. The number of anilines is 1. The third-order valence-corrected chi connectivity index (χ3v) is 4.81. The van der Waals surface area contributed by atoms with Crippen molar-refractivity contribution in [1.82, 2.24) is 10.2 Å². The van der Waals surface area contributed by atoms with Crippen molar-refractivity contribution in [2.75, 3.05) is 11.9 Å². The van der Waals surface area contributed by atoms with Gasteiger partial charge in [-0.1, -0.05) is 50.6 Å². The van der Waals surface area contributed by atoms with E-state index in [0.717, 1.165) is 30.6 Å². The minimum Gasteiger partial charge on any atom is -0.325 e. The van der Waals surface area contributed by atoms with Crippen LogP contribution in [0.2, 0.25) is 5.02 Å². The lowest BCUT2D eigenvalue weighted by Gasteiger charge is -2.21. The first-order valence-electron chi connectivity index (χ1n) is 9.05. The summed E-state index contributed by atoms with van der Waals surface area (Å²) in [6.07, 6.45) is 5.94. The summed E-state index contributed by atoms with van der Waals surface area (Å²) < 4.78 is 0. The van der Waals surface area contributed by atoms with Crippen LogP contribution in [-0.2, 0) is 9.59 Å². The van der Waals surface area contributed by atoms with Gasteiger partial charge in [-0.3, -0.25) is 14.5 Å². The van der Waals surface area contributed by atoms with Crippen molar-refractivity contribution in [2.24, 2.45) is 0 Å². The zero-order valence-electron chi connectivity index (χ0n) is 15.3. The summed E-state index contributed by atoms with van der Waals surface area (Å²) >= 11 is 5.81. The van der Waals surface area contributed by atoms with E-state index in [0.29, 0.717) is 17.1 Å². The molecule has 1 aliphatic rings. The van der Waals surface area contributed by atoms with Gasteiger partial charge >= 0.3 is 6.03 Å². The SMILES string of the molecule is CCCCCCC[C@]1(C)NC(=O)N(CC(=O)Nc2ccc(Cl)cc2)C1=O. The molecule has 0 aromatic heterocycles. The number of benzene rings is 1. The molecule has 2 rings (SSSR count). The van der Waals surface area contributed by atoms with Crippen LogP contribution in [0.3, 0.4) is 0 Å². The molecule has 1 aromatic carbocycles. The summed E-state index contributed by atoms with van der Waals surface area (Å²) in [5, 5.41) is 5.96. The Labute approximate surface area is 159 Å². The molecule has 1 heterocycles. The van der Waals surface area contributed by atoms with E-state index in [9.17, 15) is 14.4 Å². The third-order valence-electron chi connectivity index (χ3n) is 4.56. The highest BCUT2D eigenvalue weighted by Crippen LogP contribution is 2.24. The van der Waals surface area contributed by atoms with E-state index >= 15 is 0 Å². The van der Waals surface area contributed by atoms with Gasteiger partial charge in [0.2, 0.25) is 5.91 Å². The average molecular weight is 380 g/mol. The quantitative estimate of drug-likeness (QED) is 0.503. The predicted molar refractivity (Wildman–Crippen MR) is 102 cm³/mol. The van der Waals surface area contributed by atoms with Crippen LogP contribution in [0.5, 0.6) is 0 Å². The monoisotopic (exact) mass is 379 g/mol. The number of carbonyl (C=O) groups is 3. The van der Waals surface area contributed by atoms with Crippen molar-refractivity contribution in [3.8, 4) is 0 Å². The Balaban J connectivity index is 1.89. The van der Waals surface area contributed by atoms with Crippen LogP contribution in [-0.4, -0.2) is 34.8 Å². The van der Waals surface area contributed by atoms with Gasteiger partial charge in [0.1, 0.15) is 12.1 Å². The lowest BCUT2D eigenvalue weighted by atomic mass is 9.94. The highest BCUT2D eigenvalue weighted by atomic mass is 35.5. The van der Waals surface area contributed by atoms with E-state index in [1.54, 1.807) is 31.2 Å². The fraction of sp³-hybridized carbons (Fsp3) is 0.526. The minimum atomic E-state index is -0.927. The Morgan fingerprint density at radius 3 is 2.46 bits per heavy atom. The Morgan fingerprint density at radius 2 is 1.81 bits per heavy atom. The molecule has 26 heavy (non-hydrogen) atoms. The van der Waals surface area contributed by atoms with Crippen molar-refractivity contribution < 1.29 is 14.4 Å². The normalized spacial score (nSPS) is 19.6. The molecule has 0 saturated carbocycles. The molecule has 1 atom stereocenters. The number of unbranched alkanes of at least 4 members (excludes halogenated alkanes) is 4. The molecule has 1 aromatic rings. The predicted octanol–water partition coefficient (Wildman–Crippen LogP) is 3.95. The van der Waals surface area contributed by atoms with Crippen LogP contribution in [0.15, 0.2) is 24.3 Å². The van der Waals surface area contributed by atoms with E-state index in [2.05, 4.69) is 17.6 Å². The van der Waals surface area contributed by atoms with Gasteiger partial charge in [-0.15, -0.1) is 0 Å². The number of imide groups is 1. The van der Waals surface area contributed by atoms with Crippen LogP contribution in [0.4, 0.5) is 10.5 Å². The van der Waals surface area contributed by atoms with Crippen LogP contribution < -0.4 is 10.6 Å². The first kappa shape index (κ1) is 20.2. The van der Waals surface area contributed by atoms with Gasteiger partial charge in [-0.05, 0) is 37.6 Å². The van der Waals surface area contributed by atoms with Crippen LogP contribution in [0, 0.1) is 0 Å². The van der Waals surface area contributed by atoms with Gasteiger partial charge in [0.25, 0.3) is 5.91 Å². The number of hydrogen-bond acceptors (Lipinski definition) is 3. The molecule has 0 unspecified atom stereocenters. The van der Waals surface area contributed by atoms with Gasteiger partial charge in [-0.25, -0.2) is 4.79 Å². The van der Waals surface area contributed by atoms with Crippen molar-refractivity contribution in [2.45, 2.75) is 57.9 Å². The van der Waals surface area contributed by atoms with E-state index < -0.39 is 17.5 Å². The molecule has 1 saturated heterocycles. The lowest BCUT2D eigenvalue weighted by molar-refractivity contribution is -0.133. The molecule has 2 N–H and O–H groups in total. The van der Waals surface area contributed by atoms with Gasteiger partial charge < -0.3 is 10.6 Å². The number of halogens is 1. The molecule has 1 aliphatic heterocycles. The zero-order chi connectivity index (χ0) is 19.2. The molecule has 0 aliphatic carbocycles. The molecule has 6 nitrogen and oxygen atoms in total. The summed E-state index contributed by atoms with van der Waals surface area (Å²) in [6.45, 7) is 3.57. The molecule has 0 radical (unpaired) electrons. The molecule has 0 bridgehead atoms. The lowest BCUT2D eigenvalue weighted by Crippen LogP contribution is -2.44. The second kappa shape index (κ2) is 9.03. The summed E-state index contributed by atoms with van der Waals surface area (Å²) in [7, 11) is 0. The highest BCUT2D eigenvalue weighted by Gasteiger charge is 2.47. The summed E-state index contributed by atoms with van der Waals surface area (Å²) in [5.41, 5.74) is -0.366. The standard InChI is InChI=1S/C19H26ClN3O3/c1-3-4-5-6-7-12-19(2)17(25)23(18(26)22-19)13-16(24)21-15-10-8-14(20)9-11-15/h8-11H,3-7,12-13H2,1-2H3,(H,21,24)(H,22,26)/t19-/m0/s1. The minimum absolute atomic E-state index is 0.307. The largest absolute Gasteiger partial charge is 0.325 e. The third kappa shape index (κ3) is 5.21. The number of carbonyl (C=O) groups excluding carboxylic acids is 3. The smallest absolute Gasteiger partial charge is 0.325 e. The summed E-state index contributed by atoms with van der Waals surface area (Å²) in [4.78, 5) is 38.0. The fourth-order valence-electron chi connectivity index (χ4n) is 3.02. The van der Waals surface area contributed by atoms with E-state index in [4.69, 9.17) is 11.6 Å². The fourth-order valence-corrected chi connectivity index (χ4v) is 3.15. The maximum Gasteiger partial charge on any atom is 0.325 e. The number of nitrogens with zero attached hydrogens (tertiary/aromatic N) is 1. The number of nitrogens with one attached hydrogen (secondary N) is 2. The number of hydrogen-bond donors (Lipinski definition) is 2. The Morgan fingerprint density at radius 1 is 1.15 bits per heavy atom.